The van der Waals surface area contributed by atoms with E-state index in [0.717, 1.165) is 27.6 Å². The summed E-state index contributed by atoms with van der Waals surface area (Å²) in [6, 6.07) is 22.8. The molecule has 0 atom stereocenters. The number of rotatable bonds is 7. The number of aromatic nitrogens is 1. The minimum atomic E-state index is -0.547. The van der Waals surface area contributed by atoms with Gasteiger partial charge in [-0.15, -0.1) is 0 Å². The number of amides is 3. The van der Waals surface area contributed by atoms with E-state index in [9.17, 15) is 24.5 Å². The van der Waals surface area contributed by atoms with Gasteiger partial charge in [0.2, 0.25) is 5.91 Å². The molecule has 3 aromatic carbocycles. The first-order valence-corrected chi connectivity index (χ1v) is 12.1. The molecule has 184 valence electrons. The second-order valence-corrected chi connectivity index (χ2v) is 9.29. The predicted octanol–water partition coefficient (Wildman–Crippen LogP) is 5.27. The Kier molecular flexibility index (Phi) is 6.57. The van der Waals surface area contributed by atoms with Crippen molar-refractivity contribution in [2.75, 3.05) is 11.9 Å². The molecule has 1 saturated heterocycles. The lowest BCUT2D eigenvalue weighted by Crippen LogP contribution is -2.36. The van der Waals surface area contributed by atoms with Gasteiger partial charge in [-0.1, -0.05) is 54.6 Å². The quantitative estimate of drug-likeness (QED) is 0.205. The molecule has 0 saturated carbocycles. The van der Waals surface area contributed by atoms with E-state index in [4.69, 9.17) is 0 Å². The monoisotopic (exact) mass is 512 g/mol. The first kappa shape index (κ1) is 24.0. The molecule has 9 nitrogen and oxygen atoms in total. The van der Waals surface area contributed by atoms with Gasteiger partial charge in [0, 0.05) is 40.0 Å². The molecule has 2 heterocycles. The number of imide groups is 1. The molecule has 1 N–H and O–H groups in total. The molecule has 0 radical (unpaired) electrons. The van der Waals surface area contributed by atoms with Crippen molar-refractivity contribution in [3.8, 4) is 0 Å². The SMILES string of the molecule is O=C(CN1C(=O)S/C(=C\c2cn(Cc3ccccc3[N+](=O)[O-])c3ccccc23)C1=O)Nc1ccccc1. The summed E-state index contributed by atoms with van der Waals surface area (Å²) in [5.41, 5.74) is 2.66. The van der Waals surface area contributed by atoms with Gasteiger partial charge in [-0.3, -0.25) is 29.4 Å². The fourth-order valence-corrected chi connectivity index (χ4v) is 5.00. The summed E-state index contributed by atoms with van der Waals surface area (Å²) in [5, 5.41) is 14.4. The number of carbonyl (C=O) groups excluding carboxylic acids is 3. The van der Waals surface area contributed by atoms with Crippen molar-refractivity contribution in [3.63, 3.8) is 0 Å². The Labute approximate surface area is 215 Å². The predicted molar refractivity (Wildman–Crippen MR) is 142 cm³/mol. The van der Waals surface area contributed by atoms with Crippen molar-refractivity contribution in [2.24, 2.45) is 0 Å². The van der Waals surface area contributed by atoms with E-state index in [1.807, 2.05) is 34.9 Å². The van der Waals surface area contributed by atoms with Crippen molar-refractivity contribution in [1.29, 1.82) is 0 Å². The number of carbonyl (C=O) groups is 3. The Morgan fingerprint density at radius 1 is 0.973 bits per heavy atom. The van der Waals surface area contributed by atoms with Gasteiger partial charge < -0.3 is 9.88 Å². The van der Waals surface area contributed by atoms with E-state index in [1.165, 1.54) is 6.07 Å². The van der Waals surface area contributed by atoms with Crippen LogP contribution in [0.25, 0.3) is 17.0 Å². The highest BCUT2D eigenvalue weighted by atomic mass is 32.2. The highest BCUT2D eigenvalue weighted by Crippen LogP contribution is 2.34. The molecule has 4 aromatic rings. The summed E-state index contributed by atoms with van der Waals surface area (Å²) < 4.78 is 1.88. The number of para-hydroxylation sites is 3. The van der Waals surface area contributed by atoms with Crippen LogP contribution < -0.4 is 5.32 Å². The number of hydrogen-bond donors (Lipinski definition) is 1. The summed E-state index contributed by atoms with van der Waals surface area (Å²) >= 11 is 0.773. The number of fused-ring (bicyclic) bond motifs is 1. The van der Waals surface area contributed by atoms with Crippen LogP contribution in [0.4, 0.5) is 16.2 Å². The van der Waals surface area contributed by atoms with E-state index in [-0.39, 0.29) is 17.1 Å². The van der Waals surface area contributed by atoms with E-state index in [0.29, 0.717) is 16.8 Å². The summed E-state index contributed by atoms with van der Waals surface area (Å²) in [7, 11) is 0. The van der Waals surface area contributed by atoms with Crippen LogP contribution >= 0.6 is 11.8 Å². The lowest BCUT2D eigenvalue weighted by atomic mass is 10.1. The Morgan fingerprint density at radius 2 is 1.68 bits per heavy atom. The molecule has 37 heavy (non-hydrogen) atoms. The summed E-state index contributed by atoms with van der Waals surface area (Å²) in [4.78, 5) is 50.2. The van der Waals surface area contributed by atoms with Gasteiger partial charge in [0.25, 0.3) is 16.8 Å². The first-order chi connectivity index (χ1) is 17.9. The van der Waals surface area contributed by atoms with Gasteiger partial charge in [-0.25, -0.2) is 0 Å². The molecular weight excluding hydrogens is 492 g/mol. The van der Waals surface area contributed by atoms with Crippen LogP contribution in [0.3, 0.4) is 0 Å². The molecule has 10 heteroatoms. The highest BCUT2D eigenvalue weighted by molar-refractivity contribution is 8.18. The largest absolute Gasteiger partial charge is 0.342 e. The van der Waals surface area contributed by atoms with Crippen LogP contribution in [0.15, 0.2) is 90.0 Å². The van der Waals surface area contributed by atoms with Gasteiger partial charge in [-0.05, 0) is 36.0 Å². The molecule has 0 spiro atoms. The Balaban J connectivity index is 1.41. The number of thioether (sulfide) groups is 1. The van der Waals surface area contributed by atoms with E-state index in [1.54, 1.807) is 54.7 Å². The Morgan fingerprint density at radius 3 is 2.46 bits per heavy atom. The molecule has 0 aliphatic carbocycles. The van der Waals surface area contributed by atoms with Crippen LogP contribution in [0.2, 0.25) is 0 Å². The minimum absolute atomic E-state index is 0.0247. The summed E-state index contributed by atoms with van der Waals surface area (Å²) in [5.74, 6) is -1.02. The van der Waals surface area contributed by atoms with Gasteiger partial charge in [0.05, 0.1) is 16.4 Å². The molecule has 0 unspecified atom stereocenters. The third-order valence-corrected chi connectivity index (χ3v) is 6.78. The normalized spacial score (nSPS) is 14.5. The minimum Gasteiger partial charge on any atom is -0.342 e. The third kappa shape index (κ3) is 5.00. The van der Waals surface area contributed by atoms with E-state index < -0.39 is 28.5 Å². The van der Waals surface area contributed by atoms with Crippen LogP contribution in [0.5, 0.6) is 0 Å². The molecule has 5 rings (SSSR count). The number of nitro groups is 1. The van der Waals surface area contributed by atoms with E-state index >= 15 is 0 Å². The summed E-state index contributed by atoms with van der Waals surface area (Å²) in [6.45, 7) is -0.136. The zero-order valence-corrected chi connectivity index (χ0v) is 20.2. The first-order valence-electron chi connectivity index (χ1n) is 11.3. The zero-order chi connectivity index (χ0) is 25.9. The van der Waals surface area contributed by atoms with Crippen molar-refractivity contribution >= 4 is 57.2 Å². The third-order valence-electron chi connectivity index (χ3n) is 5.87. The topological polar surface area (TPSA) is 115 Å². The number of nitrogens with one attached hydrogen (secondary N) is 1. The number of anilines is 1. The average molecular weight is 513 g/mol. The second kappa shape index (κ2) is 10.1. The lowest BCUT2D eigenvalue weighted by Gasteiger charge is -2.12. The Bertz CT molecular complexity index is 1580. The second-order valence-electron chi connectivity index (χ2n) is 8.30. The van der Waals surface area contributed by atoms with Crippen LogP contribution in [-0.2, 0) is 16.1 Å². The average Bonchev–Trinajstić information content (AvgIpc) is 3.36. The maximum absolute atomic E-state index is 13.0. The van der Waals surface area contributed by atoms with Gasteiger partial charge in [-0.2, -0.15) is 0 Å². The number of benzene rings is 3. The van der Waals surface area contributed by atoms with Gasteiger partial charge >= 0.3 is 0 Å². The standard InChI is InChI=1S/C27H20N4O5S/c32-25(28-20-9-2-1-3-10-20)17-30-26(33)24(37-27(30)34)14-19-16-29(23-13-7-5-11-21(19)23)15-18-8-4-6-12-22(18)31(35)36/h1-14,16H,15,17H2,(H,28,32)/b24-14-. The molecule has 1 aliphatic rings. The van der Waals surface area contributed by atoms with E-state index in [2.05, 4.69) is 5.32 Å². The van der Waals surface area contributed by atoms with Crippen molar-refractivity contribution in [3.05, 3.63) is 111 Å². The highest BCUT2D eigenvalue weighted by Gasteiger charge is 2.36. The van der Waals surface area contributed by atoms with Crippen LogP contribution in [0, 0.1) is 10.1 Å². The maximum Gasteiger partial charge on any atom is 0.294 e. The van der Waals surface area contributed by atoms with Crippen molar-refractivity contribution in [2.45, 2.75) is 6.54 Å². The fourth-order valence-electron chi connectivity index (χ4n) is 4.17. The van der Waals surface area contributed by atoms with Crippen molar-refractivity contribution < 1.29 is 19.3 Å². The molecule has 1 aliphatic heterocycles. The maximum atomic E-state index is 13.0. The molecule has 3 amide bonds. The van der Waals surface area contributed by atoms with Crippen molar-refractivity contribution in [1.82, 2.24) is 9.47 Å². The van der Waals surface area contributed by atoms with Gasteiger partial charge in [0.15, 0.2) is 0 Å². The molecular formula is C27H20N4O5S. The number of nitrogens with zero attached hydrogens (tertiary/aromatic N) is 3. The van der Waals surface area contributed by atoms with Gasteiger partial charge in [0.1, 0.15) is 6.54 Å². The zero-order valence-electron chi connectivity index (χ0n) is 19.4. The number of nitro benzene ring substituents is 1. The number of hydrogen-bond acceptors (Lipinski definition) is 6. The molecule has 0 bridgehead atoms. The summed E-state index contributed by atoms with van der Waals surface area (Å²) in [6.07, 6.45) is 3.43. The lowest BCUT2D eigenvalue weighted by molar-refractivity contribution is -0.385. The molecule has 1 aromatic heterocycles. The van der Waals surface area contributed by atoms with Crippen LogP contribution in [0.1, 0.15) is 11.1 Å². The van der Waals surface area contributed by atoms with Crippen LogP contribution in [-0.4, -0.2) is 38.0 Å². The Hall–Kier alpha value is -4.70. The fraction of sp³-hybridized carbons (Fsp3) is 0.0741. The smallest absolute Gasteiger partial charge is 0.294 e. The molecule has 1 fully saturated rings.